The largest absolute Gasteiger partial charge is 0.394 e. The van der Waals surface area contributed by atoms with Gasteiger partial charge in [0, 0.05) is 31.3 Å². The Kier molecular flexibility index (Phi) is 7.31. The first-order valence-electron chi connectivity index (χ1n) is 9.38. The minimum Gasteiger partial charge on any atom is -0.394 e. The number of carbonyl (C=O) groups excluding carboxylic acids is 1. The van der Waals surface area contributed by atoms with Crippen LogP contribution >= 0.6 is 0 Å². The molecule has 0 aromatic heterocycles. The molecule has 0 bridgehead atoms. The number of aliphatic hydroxyl groups is 1. The summed E-state index contributed by atoms with van der Waals surface area (Å²) in [4.78, 5) is 14.5. The van der Waals surface area contributed by atoms with E-state index in [1.807, 2.05) is 24.3 Å². The molecule has 1 saturated heterocycles. The van der Waals surface area contributed by atoms with Gasteiger partial charge in [-0.15, -0.1) is 0 Å². The first-order chi connectivity index (χ1) is 13.7. The van der Waals surface area contributed by atoms with Crippen molar-refractivity contribution in [3.8, 4) is 0 Å². The third-order valence-electron chi connectivity index (χ3n) is 4.68. The Balaban J connectivity index is 1.63. The smallest absolute Gasteiger partial charge is 0.244 e. The van der Waals surface area contributed by atoms with E-state index >= 15 is 0 Å². The molecule has 1 amide bonds. The molecule has 0 radical (unpaired) electrons. The lowest BCUT2D eigenvalue weighted by molar-refractivity contribution is -0.117. The lowest BCUT2D eigenvalue weighted by atomic mass is 10.0. The van der Waals surface area contributed by atoms with E-state index in [-0.39, 0.29) is 18.3 Å². The number of hydrogen-bond donors (Lipinski definition) is 2. The number of rotatable bonds is 7. The fraction of sp³-hybridized carbons (Fsp3) is 0.318. The molecule has 6 heteroatoms. The Morgan fingerprint density at radius 2 is 2.00 bits per heavy atom. The molecule has 3 rings (SSSR count). The second kappa shape index (κ2) is 10.1. The Labute approximate surface area is 164 Å². The van der Waals surface area contributed by atoms with Crippen molar-refractivity contribution in [2.45, 2.75) is 12.6 Å². The topological polar surface area (TPSA) is 61.8 Å². The number of aliphatic hydroxyl groups excluding tert-OH is 1. The van der Waals surface area contributed by atoms with Crippen LogP contribution in [0.4, 0.5) is 4.39 Å². The monoisotopic (exact) mass is 384 g/mol. The number of amides is 1. The zero-order chi connectivity index (χ0) is 19.8. The maximum absolute atomic E-state index is 13.6. The number of carbonyl (C=O) groups is 1. The minimum atomic E-state index is -0.526. The zero-order valence-corrected chi connectivity index (χ0v) is 15.7. The van der Waals surface area contributed by atoms with Gasteiger partial charge in [0.25, 0.3) is 0 Å². The minimum absolute atomic E-state index is 0.222. The average Bonchev–Trinajstić information content (AvgIpc) is 2.72. The van der Waals surface area contributed by atoms with Crippen LogP contribution in [0, 0.1) is 5.82 Å². The van der Waals surface area contributed by atoms with E-state index in [0.29, 0.717) is 5.56 Å². The lowest BCUT2D eigenvalue weighted by Gasteiger charge is -2.27. The SMILES string of the molecule is O=C(/C=C/c1ccccc1F)N[C@@H](CO)c1cccc(CN2CCOCC2)c1. The normalized spacial score (nSPS) is 16.2. The number of hydrogen-bond acceptors (Lipinski definition) is 4. The predicted octanol–water partition coefficient (Wildman–Crippen LogP) is 2.52. The second-order valence-electron chi connectivity index (χ2n) is 6.73. The number of nitrogens with one attached hydrogen (secondary N) is 1. The van der Waals surface area contributed by atoms with Crippen LogP contribution in [0.25, 0.3) is 6.08 Å². The van der Waals surface area contributed by atoms with Crippen LogP contribution < -0.4 is 5.32 Å². The van der Waals surface area contributed by atoms with Gasteiger partial charge < -0.3 is 15.2 Å². The molecule has 148 valence electrons. The summed E-state index contributed by atoms with van der Waals surface area (Å²) in [5.74, 6) is -0.776. The van der Waals surface area contributed by atoms with Crippen molar-refractivity contribution in [3.63, 3.8) is 0 Å². The first kappa shape index (κ1) is 20.2. The van der Waals surface area contributed by atoms with Gasteiger partial charge in [0.05, 0.1) is 25.9 Å². The molecule has 0 spiro atoms. The van der Waals surface area contributed by atoms with E-state index in [4.69, 9.17) is 4.74 Å². The van der Waals surface area contributed by atoms with Gasteiger partial charge in [-0.25, -0.2) is 4.39 Å². The molecule has 0 aliphatic carbocycles. The van der Waals surface area contributed by atoms with Crippen LogP contribution in [0.1, 0.15) is 22.7 Å². The van der Waals surface area contributed by atoms with Gasteiger partial charge in [-0.3, -0.25) is 9.69 Å². The fourth-order valence-electron chi connectivity index (χ4n) is 3.16. The molecule has 1 heterocycles. The molecular formula is C22H25FN2O3. The molecule has 28 heavy (non-hydrogen) atoms. The fourth-order valence-corrected chi connectivity index (χ4v) is 3.16. The van der Waals surface area contributed by atoms with Crippen molar-refractivity contribution in [1.82, 2.24) is 10.2 Å². The van der Waals surface area contributed by atoms with Gasteiger partial charge in [-0.1, -0.05) is 42.5 Å². The lowest BCUT2D eigenvalue weighted by Crippen LogP contribution is -2.35. The van der Waals surface area contributed by atoms with Gasteiger partial charge in [0.2, 0.25) is 5.91 Å². The summed E-state index contributed by atoms with van der Waals surface area (Å²) in [6.07, 6.45) is 2.70. The Morgan fingerprint density at radius 3 is 2.75 bits per heavy atom. The van der Waals surface area contributed by atoms with Crippen LogP contribution in [0.15, 0.2) is 54.6 Å². The standard InChI is InChI=1S/C22H25FN2O3/c23-20-7-2-1-5-18(20)8-9-22(27)24-21(16-26)19-6-3-4-17(14-19)15-25-10-12-28-13-11-25/h1-9,14,21,26H,10-13,15-16H2,(H,24,27)/b9-8+/t21-/m0/s1. The molecule has 2 N–H and O–H groups in total. The van der Waals surface area contributed by atoms with Crippen molar-refractivity contribution < 1.29 is 19.0 Å². The Morgan fingerprint density at radius 1 is 1.21 bits per heavy atom. The summed E-state index contributed by atoms with van der Waals surface area (Å²) >= 11 is 0. The predicted molar refractivity (Wildman–Crippen MR) is 106 cm³/mol. The maximum Gasteiger partial charge on any atom is 0.244 e. The van der Waals surface area contributed by atoms with E-state index in [1.54, 1.807) is 18.2 Å². The number of nitrogens with zero attached hydrogens (tertiary/aromatic N) is 1. The van der Waals surface area contributed by atoms with Crippen molar-refractivity contribution >= 4 is 12.0 Å². The first-order valence-corrected chi connectivity index (χ1v) is 9.38. The molecule has 0 unspecified atom stereocenters. The summed E-state index contributed by atoms with van der Waals surface area (Å²) in [6, 6.07) is 13.5. The summed E-state index contributed by atoms with van der Waals surface area (Å²) in [7, 11) is 0. The van der Waals surface area contributed by atoms with Crippen LogP contribution in [-0.4, -0.2) is 48.8 Å². The van der Waals surface area contributed by atoms with Gasteiger partial charge in [0.15, 0.2) is 0 Å². The number of morpholine rings is 1. The molecule has 5 nitrogen and oxygen atoms in total. The Bertz CT molecular complexity index is 819. The molecule has 1 atom stereocenters. The third-order valence-corrected chi connectivity index (χ3v) is 4.68. The van der Waals surface area contributed by atoms with Gasteiger partial charge in [0.1, 0.15) is 5.82 Å². The average molecular weight is 384 g/mol. The third kappa shape index (κ3) is 5.73. The van der Waals surface area contributed by atoms with Gasteiger partial charge in [-0.05, 0) is 23.3 Å². The Hall–Kier alpha value is -2.54. The summed E-state index contributed by atoms with van der Waals surface area (Å²) in [5.41, 5.74) is 2.29. The van der Waals surface area contributed by atoms with Crippen LogP contribution in [0.5, 0.6) is 0 Å². The van der Waals surface area contributed by atoms with Crippen molar-refractivity contribution in [2.24, 2.45) is 0 Å². The molecule has 1 fully saturated rings. The molecular weight excluding hydrogens is 359 g/mol. The van der Waals surface area contributed by atoms with E-state index in [1.165, 1.54) is 18.2 Å². The highest BCUT2D eigenvalue weighted by Crippen LogP contribution is 2.17. The molecule has 2 aromatic rings. The highest BCUT2D eigenvalue weighted by molar-refractivity contribution is 5.92. The summed E-state index contributed by atoms with van der Waals surface area (Å²) in [5, 5.41) is 12.5. The van der Waals surface area contributed by atoms with Crippen LogP contribution in [0.2, 0.25) is 0 Å². The highest BCUT2D eigenvalue weighted by Gasteiger charge is 2.15. The van der Waals surface area contributed by atoms with Crippen molar-refractivity contribution in [3.05, 3.63) is 77.1 Å². The van der Waals surface area contributed by atoms with E-state index in [9.17, 15) is 14.3 Å². The van der Waals surface area contributed by atoms with Gasteiger partial charge >= 0.3 is 0 Å². The van der Waals surface area contributed by atoms with E-state index < -0.39 is 6.04 Å². The van der Waals surface area contributed by atoms with Crippen molar-refractivity contribution in [1.29, 1.82) is 0 Å². The van der Waals surface area contributed by atoms with Crippen LogP contribution in [0.3, 0.4) is 0 Å². The molecule has 0 saturated carbocycles. The van der Waals surface area contributed by atoms with Crippen molar-refractivity contribution in [2.75, 3.05) is 32.9 Å². The number of halogens is 1. The zero-order valence-electron chi connectivity index (χ0n) is 15.7. The van der Waals surface area contributed by atoms with E-state index in [0.717, 1.165) is 44.0 Å². The number of ether oxygens (including phenoxy) is 1. The molecule has 1 aliphatic rings. The molecule has 2 aromatic carbocycles. The second-order valence-corrected chi connectivity index (χ2v) is 6.73. The number of benzene rings is 2. The summed E-state index contributed by atoms with van der Waals surface area (Å²) in [6.45, 7) is 3.85. The maximum atomic E-state index is 13.6. The van der Waals surface area contributed by atoms with Gasteiger partial charge in [-0.2, -0.15) is 0 Å². The highest BCUT2D eigenvalue weighted by atomic mass is 19.1. The van der Waals surface area contributed by atoms with E-state index in [2.05, 4.69) is 10.2 Å². The summed E-state index contributed by atoms with van der Waals surface area (Å²) < 4.78 is 19.0. The molecule has 1 aliphatic heterocycles. The van der Waals surface area contributed by atoms with Crippen LogP contribution in [-0.2, 0) is 16.1 Å². The quantitative estimate of drug-likeness (QED) is 0.720.